The van der Waals surface area contributed by atoms with Crippen molar-refractivity contribution >= 4 is 11.7 Å². The lowest BCUT2D eigenvalue weighted by atomic mass is 10.0. The zero-order valence-electron chi connectivity index (χ0n) is 11.5. The van der Waals surface area contributed by atoms with Gasteiger partial charge in [-0.05, 0) is 17.7 Å². The van der Waals surface area contributed by atoms with Gasteiger partial charge in [0.25, 0.3) is 0 Å². The van der Waals surface area contributed by atoms with E-state index in [9.17, 15) is 15.0 Å². The summed E-state index contributed by atoms with van der Waals surface area (Å²) in [6.07, 6.45) is -2.84. The van der Waals surface area contributed by atoms with Crippen LogP contribution in [-0.4, -0.2) is 55.6 Å². The van der Waals surface area contributed by atoms with E-state index in [0.717, 1.165) is 31.9 Å². The number of nitrogens with zero attached hydrogens (tertiary/aromatic N) is 1. The van der Waals surface area contributed by atoms with Crippen LogP contribution in [0.2, 0.25) is 0 Å². The van der Waals surface area contributed by atoms with Gasteiger partial charge in [-0.2, -0.15) is 0 Å². The van der Waals surface area contributed by atoms with Crippen LogP contribution in [-0.2, 0) is 9.53 Å². The molecule has 0 saturated carbocycles. The summed E-state index contributed by atoms with van der Waals surface area (Å²) in [7, 11) is 1.17. The van der Waals surface area contributed by atoms with Gasteiger partial charge in [0.1, 0.15) is 6.10 Å². The highest BCUT2D eigenvalue weighted by Crippen LogP contribution is 2.22. The summed E-state index contributed by atoms with van der Waals surface area (Å²) in [5, 5.41) is 22.8. The van der Waals surface area contributed by atoms with E-state index >= 15 is 0 Å². The van der Waals surface area contributed by atoms with Gasteiger partial charge in [0, 0.05) is 31.9 Å². The van der Waals surface area contributed by atoms with Gasteiger partial charge in [0.15, 0.2) is 6.10 Å². The van der Waals surface area contributed by atoms with Gasteiger partial charge in [0.2, 0.25) is 0 Å². The number of hydrogen-bond acceptors (Lipinski definition) is 6. The largest absolute Gasteiger partial charge is 0.467 e. The SMILES string of the molecule is COC(=O)C(O)C(O)c1ccc(N2CCNCC2)cc1. The Labute approximate surface area is 118 Å². The second kappa shape index (κ2) is 6.69. The Kier molecular flexibility index (Phi) is 4.94. The first-order chi connectivity index (χ1) is 9.63. The number of benzene rings is 1. The Morgan fingerprint density at radius 3 is 2.40 bits per heavy atom. The summed E-state index contributed by atoms with van der Waals surface area (Å²) in [6.45, 7) is 3.77. The van der Waals surface area contributed by atoms with Crippen molar-refractivity contribution in [3.05, 3.63) is 29.8 Å². The average molecular weight is 280 g/mol. The zero-order valence-corrected chi connectivity index (χ0v) is 11.5. The second-order valence-corrected chi connectivity index (χ2v) is 4.74. The number of carbonyl (C=O) groups is 1. The average Bonchev–Trinajstić information content (AvgIpc) is 2.53. The molecule has 1 saturated heterocycles. The maximum atomic E-state index is 11.2. The summed E-state index contributed by atoms with van der Waals surface area (Å²) in [6, 6.07) is 7.20. The maximum absolute atomic E-state index is 11.2. The van der Waals surface area contributed by atoms with E-state index in [1.807, 2.05) is 12.1 Å². The van der Waals surface area contributed by atoms with Crippen molar-refractivity contribution in [3.8, 4) is 0 Å². The standard InChI is InChI=1S/C14H20N2O4/c1-20-14(19)13(18)12(17)10-2-4-11(5-3-10)16-8-6-15-7-9-16/h2-5,12-13,15,17-18H,6-9H2,1H3. The van der Waals surface area contributed by atoms with Crippen LogP contribution in [0.3, 0.4) is 0 Å². The highest BCUT2D eigenvalue weighted by molar-refractivity contribution is 5.75. The molecule has 1 aliphatic rings. The minimum absolute atomic E-state index is 0.488. The van der Waals surface area contributed by atoms with E-state index in [4.69, 9.17) is 0 Å². The Morgan fingerprint density at radius 2 is 1.85 bits per heavy atom. The maximum Gasteiger partial charge on any atom is 0.337 e. The van der Waals surface area contributed by atoms with Gasteiger partial charge in [-0.3, -0.25) is 0 Å². The summed E-state index contributed by atoms with van der Waals surface area (Å²) in [5.41, 5.74) is 1.55. The fourth-order valence-corrected chi connectivity index (χ4v) is 2.24. The molecule has 3 N–H and O–H groups in total. The highest BCUT2D eigenvalue weighted by atomic mass is 16.5. The normalized spacial score (nSPS) is 18.4. The molecule has 20 heavy (non-hydrogen) atoms. The molecular weight excluding hydrogens is 260 g/mol. The lowest BCUT2D eigenvalue weighted by Gasteiger charge is -2.29. The molecule has 0 aromatic heterocycles. The van der Waals surface area contributed by atoms with Gasteiger partial charge >= 0.3 is 5.97 Å². The van der Waals surface area contributed by atoms with E-state index in [1.165, 1.54) is 7.11 Å². The topological polar surface area (TPSA) is 82.0 Å². The van der Waals surface area contributed by atoms with Crippen LogP contribution in [0.5, 0.6) is 0 Å². The molecule has 0 amide bonds. The summed E-state index contributed by atoms with van der Waals surface area (Å²) in [5.74, 6) is -0.844. The molecule has 1 aromatic carbocycles. The molecule has 1 fully saturated rings. The lowest BCUT2D eigenvalue weighted by Crippen LogP contribution is -2.43. The van der Waals surface area contributed by atoms with Crippen LogP contribution in [0, 0.1) is 0 Å². The molecule has 1 aliphatic heterocycles. The number of hydrogen-bond donors (Lipinski definition) is 3. The van der Waals surface area contributed by atoms with E-state index in [0.29, 0.717) is 5.56 Å². The smallest absolute Gasteiger partial charge is 0.337 e. The first kappa shape index (κ1) is 14.8. The molecule has 6 heteroatoms. The Morgan fingerprint density at radius 1 is 1.25 bits per heavy atom. The van der Waals surface area contributed by atoms with Gasteiger partial charge in [-0.25, -0.2) is 4.79 Å². The number of carbonyl (C=O) groups excluding carboxylic acids is 1. The van der Waals surface area contributed by atoms with Crippen molar-refractivity contribution in [2.24, 2.45) is 0 Å². The third-order valence-electron chi connectivity index (χ3n) is 3.46. The molecule has 0 bridgehead atoms. The molecule has 0 aliphatic carbocycles. The fraction of sp³-hybridized carbons (Fsp3) is 0.500. The number of aliphatic hydroxyl groups excluding tert-OH is 2. The van der Waals surface area contributed by atoms with Crippen LogP contribution in [0.1, 0.15) is 11.7 Å². The molecule has 1 aromatic rings. The van der Waals surface area contributed by atoms with Crippen molar-refractivity contribution in [1.82, 2.24) is 5.32 Å². The van der Waals surface area contributed by atoms with Gasteiger partial charge in [-0.1, -0.05) is 12.1 Å². The lowest BCUT2D eigenvalue weighted by molar-refractivity contribution is -0.156. The minimum Gasteiger partial charge on any atom is -0.467 e. The number of ether oxygens (including phenoxy) is 1. The predicted molar refractivity (Wildman–Crippen MR) is 74.5 cm³/mol. The van der Waals surface area contributed by atoms with Crippen molar-refractivity contribution < 1.29 is 19.7 Å². The van der Waals surface area contributed by atoms with Gasteiger partial charge < -0.3 is 25.2 Å². The number of rotatable bonds is 4. The molecule has 2 rings (SSSR count). The third-order valence-corrected chi connectivity index (χ3v) is 3.46. The number of nitrogens with one attached hydrogen (secondary N) is 1. The third kappa shape index (κ3) is 3.27. The fourth-order valence-electron chi connectivity index (χ4n) is 2.24. The van der Waals surface area contributed by atoms with E-state index in [2.05, 4.69) is 15.0 Å². The minimum atomic E-state index is -1.56. The summed E-state index contributed by atoms with van der Waals surface area (Å²) in [4.78, 5) is 13.4. The first-order valence-corrected chi connectivity index (χ1v) is 6.63. The quantitative estimate of drug-likeness (QED) is 0.655. The number of anilines is 1. The number of methoxy groups -OCH3 is 1. The molecule has 0 radical (unpaired) electrons. The summed E-state index contributed by atoms with van der Waals surface area (Å²) < 4.78 is 4.41. The Bertz CT molecular complexity index is 443. The first-order valence-electron chi connectivity index (χ1n) is 6.63. The molecule has 6 nitrogen and oxygen atoms in total. The molecule has 2 atom stereocenters. The van der Waals surface area contributed by atoms with Crippen LogP contribution < -0.4 is 10.2 Å². The van der Waals surface area contributed by atoms with Crippen LogP contribution in [0.25, 0.3) is 0 Å². The van der Waals surface area contributed by atoms with Crippen molar-refractivity contribution in [1.29, 1.82) is 0 Å². The number of piperazine rings is 1. The molecule has 0 spiro atoms. The Balaban J connectivity index is 2.05. The van der Waals surface area contributed by atoms with Gasteiger partial charge in [-0.15, -0.1) is 0 Å². The molecule has 1 heterocycles. The monoisotopic (exact) mass is 280 g/mol. The molecule has 2 unspecified atom stereocenters. The zero-order chi connectivity index (χ0) is 14.5. The highest BCUT2D eigenvalue weighted by Gasteiger charge is 2.26. The second-order valence-electron chi connectivity index (χ2n) is 4.74. The summed E-state index contributed by atoms with van der Waals surface area (Å²) >= 11 is 0. The number of aliphatic hydroxyl groups is 2. The Hall–Kier alpha value is -1.63. The van der Waals surface area contributed by atoms with Crippen molar-refractivity contribution in [2.75, 3.05) is 38.2 Å². The van der Waals surface area contributed by atoms with E-state index < -0.39 is 18.2 Å². The molecule has 110 valence electrons. The van der Waals surface area contributed by atoms with Crippen LogP contribution in [0.4, 0.5) is 5.69 Å². The van der Waals surface area contributed by atoms with Gasteiger partial charge in [0.05, 0.1) is 7.11 Å². The van der Waals surface area contributed by atoms with Crippen molar-refractivity contribution in [2.45, 2.75) is 12.2 Å². The van der Waals surface area contributed by atoms with Crippen LogP contribution in [0.15, 0.2) is 24.3 Å². The van der Waals surface area contributed by atoms with Crippen LogP contribution >= 0.6 is 0 Å². The van der Waals surface area contributed by atoms with E-state index in [-0.39, 0.29) is 0 Å². The van der Waals surface area contributed by atoms with E-state index in [1.54, 1.807) is 12.1 Å². The molecular formula is C14H20N2O4. The number of esters is 1. The predicted octanol–water partition coefficient (Wildman–Crippen LogP) is -0.336. The van der Waals surface area contributed by atoms with Crippen molar-refractivity contribution in [3.63, 3.8) is 0 Å².